The minimum absolute atomic E-state index is 0.143. The third-order valence-electron chi connectivity index (χ3n) is 6.39. The number of ether oxygens (including phenoxy) is 1. The number of hydrogen-bond donors (Lipinski definition) is 4. The van der Waals surface area contributed by atoms with Gasteiger partial charge in [-0.3, -0.25) is 0 Å². The van der Waals surface area contributed by atoms with Crippen molar-refractivity contribution in [3.8, 4) is 11.5 Å². The van der Waals surface area contributed by atoms with E-state index >= 15 is 0 Å². The molecular weight excluding hydrogens is 646 g/mol. The molecule has 0 amide bonds. The monoisotopic (exact) mass is 678 g/mol. The molecular formula is C31H33ClF6N2O6. The molecule has 0 aliphatic carbocycles. The van der Waals surface area contributed by atoms with Crippen molar-refractivity contribution in [2.24, 2.45) is 0 Å². The number of nitrogens with zero attached hydrogens (tertiary/aromatic N) is 1. The van der Waals surface area contributed by atoms with Gasteiger partial charge in [0, 0.05) is 37.2 Å². The standard InChI is InChI=1S/C27H31ClN2O2.2C2HF3O2/c28-23-9-11-26(12-10-23)32-27-8-4-7-22(18-27)19-29-24(17-21-5-2-1-3-6-21)20-30-15-13-25(31)14-16-30;2*3-2(4,5)1(6)7/h1-12,18,24-25,29,31H,13-17,19-20H2;2*(H,6,7). The van der Waals surface area contributed by atoms with Crippen molar-refractivity contribution in [2.75, 3.05) is 19.6 Å². The van der Waals surface area contributed by atoms with Crippen LogP contribution in [-0.4, -0.2) is 76.3 Å². The van der Waals surface area contributed by atoms with Crippen molar-refractivity contribution in [1.82, 2.24) is 10.2 Å². The first-order chi connectivity index (χ1) is 21.5. The van der Waals surface area contributed by atoms with Crippen LogP contribution in [0.1, 0.15) is 24.0 Å². The van der Waals surface area contributed by atoms with E-state index in [-0.39, 0.29) is 6.10 Å². The van der Waals surface area contributed by atoms with Gasteiger partial charge in [-0.25, -0.2) is 9.59 Å². The summed E-state index contributed by atoms with van der Waals surface area (Å²) in [6.45, 7) is 3.66. The van der Waals surface area contributed by atoms with E-state index < -0.39 is 24.3 Å². The summed E-state index contributed by atoms with van der Waals surface area (Å²) in [5, 5.41) is 28.5. The van der Waals surface area contributed by atoms with Crippen LogP contribution in [0.4, 0.5) is 26.3 Å². The minimum Gasteiger partial charge on any atom is -0.475 e. The van der Waals surface area contributed by atoms with Crippen LogP contribution in [-0.2, 0) is 22.6 Å². The number of halogens is 7. The summed E-state index contributed by atoms with van der Waals surface area (Å²) < 4.78 is 69.5. The van der Waals surface area contributed by atoms with Crippen LogP contribution in [0.25, 0.3) is 0 Å². The molecule has 1 atom stereocenters. The maximum Gasteiger partial charge on any atom is 0.490 e. The van der Waals surface area contributed by atoms with E-state index in [1.54, 1.807) is 0 Å². The number of aliphatic carboxylic acids is 2. The fraction of sp³-hybridized carbons (Fsp3) is 0.355. The van der Waals surface area contributed by atoms with Gasteiger partial charge in [0.05, 0.1) is 6.10 Å². The number of carboxylic acids is 2. The highest BCUT2D eigenvalue weighted by atomic mass is 35.5. The van der Waals surface area contributed by atoms with Crippen molar-refractivity contribution in [3.05, 3.63) is 95.0 Å². The molecule has 1 unspecified atom stereocenters. The summed E-state index contributed by atoms with van der Waals surface area (Å²) in [7, 11) is 0. The molecule has 1 heterocycles. The number of carboxylic acid groups (broad SMARTS) is 2. The smallest absolute Gasteiger partial charge is 0.475 e. The Balaban J connectivity index is 0.000000440. The van der Waals surface area contributed by atoms with Gasteiger partial charge < -0.3 is 30.3 Å². The van der Waals surface area contributed by atoms with Gasteiger partial charge in [0.2, 0.25) is 0 Å². The average Bonchev–Trinajstić information content (AvgIpc) is 2.99. The van der Waals surface area contributed by atoms with Crippen LogP contribution in [0.2, 0.25) is 5.02 Å². The van der Waals surface area contributed by atoms with E-state index in [0.717, 1.165) is 56.9 Å². The Hall–Kier alpha value is -3.85. The lowest BCUT2D eigenvalue weighted by Crippen LogP contribution is -2.45. The molecule has 8 nitrogen and oxygen atoms in total. The molecule has 4 N–H and O–H groups in total. The van der Waals surface area contributed by atoms with Gasteiger partial charge in [-0.1, -0.05) is 54.1 Å². The molecule has 1 aliphatic heterocycles. The van der Waals surface area contributed by atoms with Crippen LogP contribution < -0.4 is 10.1 Å². The van der Waals surface area contributed by atoms with Crippen molar-refractivity contribution >= 4 is 23.5 Å². The Bertz CT molecular complexity index is 1330. The largest absolute Gasteiger partial charge is 0.490 e. The zero-order chi connectivity index (χ0) is 34.3. The number of hydrogen-bond acceptors (Lipinski definition) is 6. The first kappa shape index (κ1) is 38.3. The van der Waals surface area contributed by atoms with Gasteiger partial charge in [-0.05, 0) is 66.8 Å². The summed E-state index contributed by atoms with van der Waals surface area (Å²) in [5.41, 5.74) is 2.52. The quantitative estimate of drug-likeness (QED) is 0.188. The molecule has 252 valence electrons. The zero-order valence-electron chi connectivity index (χ0n) is 24.3. The Kier molecular flexibility index (Phi) is 15.3. The zero-order valence-corrected chi connectivity index (χ0v) is 25.0. The van der Waals surface area contributed by atoms with E-state index in [9.17, 15) is 31.4 Å². The molecule has 0 radical (unpaired) electrons. The number of aliphatic hydroxyl groups excluding tert-OH is 1. The molecule has 46 heavy (non-hydrogen) atoms. The SMILES string of the molecule is O=C(O)C(F)(F)F.O=C(O)C(F)(F)F.OC1CCN(CC(Cc2ccccc2)NCc2cccc(Oc3ccc(Cl)cc3)c2)CC1. The van der Waals surface area contributed by atoms with Crippen molar-refractivity contribution < 1.29 is 56.0 Å². The van der Waals surface area contributed by atoms with Crippen molar-refractivity contribution in [1.29, 1.82) is 0 Å². The summed E-state index contributed by atoms with van der Waals surface area (Å²) in [6, 6.07) is 26.6. The lowest BCUT2D eigenvalue weighted by Gasteiger charge is -2.33. The number of carbonyl (C=O) groups is 2. The fourth-order valence-corrected chi connectivity index (χ4v) is 4.26. The third kappa shape index (κ3) is 15.4. The van der Waals surface area contributed by atoms with Gasteiger partial charge in [-0.2, -0.15) is 26.3 Å². The van der Waals surface area contributed by atoms with E-state index in [1.807, 2.05) is 36.4 Å². The Morgan fingerprint density at radius 2 is 1.35 bits per heavy atom. The number of benzene rings is 3. The maximum absolute atomic E-state index is 10.6. The lowest BCUT2D eigenvalue weighted by molar-refractivity contribution is -0.193. The van der Waals surface area contributed by atoms with Crippen LogP contribution >= 0.6 is 11.6 Å². The second-order valence-electron chi connectivity index (χ2n) is 10.1. The van der Waals surface area contributed by atoms with Gasteiger partial charge in [0.15, 0.2) is 0 Å². The predicted molar refractivity (Wildman–Crippen MR) is 158 cm³/mol. The summed E-state index contributed by atoms with van der Waals surface area (Å²) in [5.74, 6) is -3.93. The molecule has 3 aromatic rings. The van der Waals surface area contributed by atoms with E-state index in [4.69, 9.17) is 36.1 Å². The molecule has 1 aliphatic rings. The highest BCUT2D eigenvalue weighted by Gasteiger charge is 2.38. The van der Waals surface area contributed by atoms with E-state index in [0.29, 0.717) is 11.1 Å². The van der Waals surface area contributed by atoms with E-state index in [2.05, 4.69) is 52.7 Å². The number of aliphatic hydroxyl groups is 1. The molecule has 0 bridgehead atoms. The number of nitrogens with one attached hydrogen (secondary N) is 1. The van der Waals surface area contributed by atoms with Crippen LogP contribution in [0.5, 0.6) is 11.5 Å². The summed E-state index contributed by atoms with van der Waals surface area (Å²) in [4.78, 5) is 20.3. The van der Waals surface area contributed by atoms with Crippen LogP contribution in [0.15, 0.2) is 78.9 Å². The normalized spacial score (nSPS) is 14.6. The van der Waals surface area contributed by atoms with Gasteiger partial charge >= 0.3 is 24.3 Å². The number of piperidine rings is 1. The fourth-order valence-electron chi connectivity index (χ4n) is 4.13. The lowest BCUT2D eigenvalue weighted by atomic mass is 10.0. The molecule has 4 rings (SSSR count). The second-order valence-corrected chi connectivity index (χ2v) is 10.5. The predicted octanol–water partition coefficient (Wildman–Crippen LogP) is 6.56. The Morgan fingerprint density at radius 3 is 1.87 bits per heavy atom. The first-order valence-corrected chi connectivity index (χ1v) is 14.2. The first-order valence-electron chi connectivity index (χ1n) is 13.8. The van der Waals surface area contributed by atoms with Gasteiger partial charge in [0.1, 0.15) is 11.5 Å². The van der Waals surface area contributed by atoms with Gasteiger partial charge in [0.25, 0.3) is 0 Å². The number of rotatable bonds is 9. The maximum atomic E-state index is 10.6. The number of alkyl halides is 6. The number of likely N-dealkylation sites (tertiary alicyclic amines) is 1. The second kappa shape index (κ2) is 18.3. The van der Waals surface area contributed by atoms with Crippen LogP contribution in [0, 0.1) is 0 Å². The molecule has 0 saturated carbocycles. The minimum atomic E-state index is -5.08. The summed E-state index contributed by atoms with van der Waals surface area (Å²) in [6.07, 6.45) is -7.61. The molecule has 0 spiro atoms. The molecule has 1 saturated heterocycles. The van der Waals surface area contributed by atoms with Crippen molar-refractivity contribution in [3.63, 3.8) is 0 Å². The van der Waals surface area contributed by atoms with E-state index in [1.165, 1.54) is 11.1 Å². The van der Waals surface area contributed by atoms with Crippen molar-refractivity contribution in [2.45, 2.75) is 50.3 Å². The third-order valence-corrected chi connectivity index (χ3v) is 6.64. The Morgan fingerprint density at radius 1 is 0.826 bits per heavy atom. The van der Waals surface area contributed by atoms with Crippen LogP contribution in [0.3, 0.4) is 0 Å². The molecule has 15 heteroatoms. The highest BCUT2D eigenvalue weighted by molar-refractivity contribution is 6.30. The highest BCUT2D eigenvalue weighted by Crippen LogP contribution is 2.24. The summed E-state index contributed by atoms with van der Waals surface area (Å²) >= 11 is 5.97. The average molecular weight is 679 g/mol. The topological polar surface area (TPSA) is 119 Å². The Labute approximate surface area is 266 Å². The molecule has 3 aromatic carbocycles. The molecule has 1 fully saturated rings. The van der Waals surface area contributed by atoms with Gasteiger partial charge in [-0.15, -0.1) is 0 Å². The molecule has 0 aromatic heterocycles.